The molecule has 3 nitrogen and oxygen atoms in total. The third kappa shape index (κ3) is 5.28. The number of piperidine rings is 1. The highest BCUT2D eigenvalue weighted by atomic mass is 15.2. The van der Waals surface area contributed by atoms with Gasteiger partial charge in [-0.1, -0.05) is 13.8 Å². The Morgan fingerprint density at radius 1 is 1.31 bits per heavy atom. The average molecular weight is 227 g/mol. The smallest absolute Gasteiger partial charge is 0.0195 e. The van der Waals surface area contributed by atoms with E-state index in [1.54, 1.807) is 0 Å². The highest BCUT2D eigenvalue weighted by molar-refractivity contribution is 4.76. The van der Waals surface area contributed by atoms with Crippen molar-refractivity contribution in [2.75, 3.05) is 46.3 Å². The first-order chi connectivity index (χ1) is 7.76. The SMILES string of the molecule is CCCN(CC)CCNC1CCCN(C)C1. The van der Waals surface area contributed by atoms with Gasteiger partial charge >= 0.3 is 0 Å². The second-order valence-electron chi connectivity index (χ2n) is 4.99. The lowest BCUT2D eigenvalue weighted by Crippen LogP contribution is -2.46. The molecular weight excluding hydrogens is 198 g/mol. The van der Waals surface area contributed by atoms with Gasteiger partial charge in [-0.2, -0.15) is 0 Å². The number of rotatable bonds is 7. The number of nitrogens with one attached hydrogen (secondary N) is 1. The maximum atomic E-state index is 3.69. The molecule has 1 heterocycles. The van der Waals surface area contributed by atoms with Gasteiger partial charge in [0.05, 0.1) is 0 Å². The molecule has 0 saturated carbocycles. The molecule has 0 aliphatic carbocycles. The van der Waals surface area contributed by atoms with Gasteiger partial charge < -0.3 is 15.1 Å². The van der Waals surface area contributed by atoms with Gasteiger partial charge in [-0.25, -0.2) is 0 Å². The maximum Gasteiger partial charge on any atom is 0.0195 e. The van der Waals surface area contributed by atoms with E-state index in [-0.39, 0.29) is 0 Å². The van der Waals surface area contributed by atoms with Crippen LogP contribution in [0.2, 0.25) is 0 Å². The molecule has 1 saturated heterocycles. The van der Waals surface area contributed by atoms with Crippen LogP contribution in [-0.4, -0.2) is 62.2 Å². The van der Waals surface area contributed by atoms with Gasteiger partial charge in [-0.15, -0.1) is 0 Å². The predicted octanol–water partition coefficient (Wildman–Crippen LogP) is 1.40. The molecule has 1 N–H and O–H groups in total. The molecule has 1 atom stereocenters. The van der Waals surface area contributed by atoms with Crippen molar-refractivity contribution in [1.82, 2.24) is 15.1 Å². The van der Waals surface area contributed by atoms with E-state index < -0.39 is 0 Å². The number of hydrogen-bond donors (Lipinski definition) is 1. The summed E-state index contributed by atoms with van der Waals surface area (Å²) in [5.41, 5.74) is 0. The molecule has 1 fully saturated rings. The zero-order valence-corrected chi connectivity index (χ0v) is 11.3. The lowest BCUT2D eigenvalue weighted by atomic mass is 10.1. The van der Waals surface area contributed by atoms with Crippen LogP contribution in [0.5, 0.6) is 0 Å². The normalized spacial score (nSPS) is 22.9. The molecule has 0 aromatic heterocycles. The fraction of sp³-hybridized carbons (Fsp3) is 1.00. The molecule has 0 spiro atoms. The molecule has 3 heteroatoms. The summed E-state index contributed by atoms with van der Waals surface area (Å²) in [6.45, 7) is 11.8. The Morgan fingerprint density at radius 3 is 2.75 bits per heavy atom. The van der Waals surface area contributed by atoms with Crippen molar-refractivity contribution in [1.29, 1.82) is 0 Å². The topological polar surface area (TPSA) is 18.5 Å². The first kappa shape index (κ1) is 13.9. The Labute approximate surface area is 101 Å². The third-order valence-corrected chi connectivity index (χ3v) is 3.47. The highest BCUT2D eigenvalue weighted by Gasteiger charge is 2.16. The monoisotopic (exact) mass is 227 g/mol. The van der Waals surface area contributed by atoms with Gasteiger partial charge in [-0.05, 0) is 45.9 Å². The molecule has 16 heavy (non-hydrogen) atoms. The van der Waals surface area contributed by atoms with Crippen molar-refractivity contribution in [3.8, 4) is 0 Å². The molecule has 0 radical (unpaired) electrons. The van der Waals surface area contributed by atoms with Crippen LogP contribution >= 0.6 is 0 Å². The summed E-state index contributed by atoms with van der Waals surface area (Å²) < 4.78 is 0. The molecule has 1 rings (SSSR count). The van der Waals surface area contributed by atoms with E-state index in [1.165, 1.54) is 52.0 Å². The van der Waals surface area contributed by atoms with Crippen LogP contribution in [0.1, 0.15) is 33.1 Å². The number of likely N-dealkylation sites (N-methyl/N-ethyl adjacent to an activating group) is 2. The van der Waals surface area contributed by atoms with E-state index in [2.05, 4.69) is 36.0 Å². The third-order valence-electron chi connectivity index (χ3n) is 3.47. The van der Waals surface area contributed by atoms with Gasteiger partial charge in [-0.3, -0.25) is 0 Å². The van der Waals surface area contributed by atoms with E-state index in [9.17, 15) is 0 Å². The summed E-state index contributed by atoms with van der Waals surface area (Å²) in [5, 5.41) is 3.69. The summed E-state index contributed by atoms with van der Waals surface area (Å²) in [5.74, 6) is 0. The quantitative estimate of drug-likeness (QED) is 0.709. The summed E-state index contributed by atoms with van der Waals surface area (Å²) in [7, 11) is 2.23. The fourth-order valence-corrected chi connectivity index (χ4v) is 2.50. The van der Waals surface area contributed by atoms with Gasteiger partial charge in [0.2, 0.25) is 0 Å². The van der Waals surface area contributed by atoms with E-state index in [4.69, 9.17) is 0 Å². The minimum Gasteiger partial charge on any atom is -0.311 e. The van der Waals surface area contributed by atoms with Crippen LogP contribution in [0.15, 0.2) is 0 Å². The molecule has 96 valence electrons. The second-order valence-corrected chi connectivity index (χ2v) is 4.99. The maximum absolute atomic E-state index is 3.69. The Kier molecular flexibility index (Phi) is 7.01. The predicted molar refractivity (Wildman–Crippen MR) is 70.9 cm³/mol. The molecule has 0 bridgehead atoms. The average Bonchev–Trinajstić information content (AvgIpc) is 2.28. The van der Waals surface area contributed by atoms with Gasteiger partial charge in [0.15, 0.2) is 0 Å². The molecule has 1 aliphatic rings. The molecule has 0 amide bonds. The van der Waals surface area contributed by atoms with Crippen molar-refractivity contribution in [3.63, 3.8) is 0 Å². The second kappa shape index (κ2) is 8.04. The van der Waals surface area contributed by atoms with Gasteiger partial charge in [0, 0.05) is 25.7 Å². The Hall–Kier alpha value is -0.120. The lowest BCUT2D eigenvalue weighted by Gasteiger charge is -2.31. The lowest BCUT2D eigenvalue weighted by molar-refractivity contribution is 0.217. The van der Waals surface area contributed by atoms with Crippen LogP contribution in [-0.2, 0) is 0 Å². The number of likely N-dealkylation sites (tertiary alicyclic amines) is 1. The van der Waals surface area contributed by atoms with E-state index in [0.29, 0.717) is 0 Å². The molecule has 0 aromatic carbocycles. The molecule has 1 aliphatic heterocycles. The van der Waals surface area contributed by atoms with Crippen LogP contribution < -0.4 is 5.32 Å². The van der Waals surface area contributed by atoms with Crippen LogP contribution in [0.4, 0.5) is 0 Å². The fourth-order valence-electron chi connectivity index (χ4n) is 2.50. The Balaban J connectivity index is 2.09. The number of nitrogens with zero attached hydrogens (tertiary/aromatic N) is 2. The van der Waals surface area contributed by atoms with Crippen LogP contribution in [0.25, 0.3) is 0 Å². The highest BCUT2D eigenvalue weighted by Crippen LogP contribution is 2.07. The Morgan fingerprint density at radius 2 is 2.12 bits per heavy atom. The Bertz CT molecular complexity index is 173. The van der Waals surface area contributed by atoms with Gasteiger partial charge in [0.25, 0.3) is 0 Å². The largest absolute Gasteiger partial charge is 0.311 e. The van der Waals surface area contributed by atoms with Crippen molar-refractivity contribution in [3.05, 3.63) is 0 Å². The zero-order valence-electron chi connectivity index (χ0n) is 11.3. The number of hydrogen-bond acceptors (Lipinski definition) is 3. The van der Waals surface area contributed by atoms with Crippen molar-refractivity contribution in [2.24, 2.45) is 0 Å². The van der Waals surface area contributed by atoms with Gasteiger partial charge in [0.1, 0.15) is 0 Å². The van der Waals surface area contributed by atoms with Crippen molar-refractivity contribution in [2.45, 2.75) is 39.2 Å². The van der Waals surface area contributed by atoms with Crippen molar-refractivity contribution < 1.29 is 0 Å². The molecular formula is C13H29N3. The summed E-state index contributed by atoms with van der Waals surface area (Å²) in [4.78, 5) is 4.96. The minimum atomic E-state index is 0.721. The van der Waals surface area contributed by atoms with E-state index in [1.807, 2.05) is 0 Å². The minimum absolute atomic E-state index is 0.721. The summed E-state index contributed by atoms with van der Waals surface area (Å²) >= 11 is 0. The molecule has 1 unspecified atom stereocenters. The van der Waals surface area contributed by atoms with E-state index in [0.717, 1.165) is 12.6 Å². The zero-order chi connectivity index (χ0) is 11.8. The van der Waals surface area contributed by atoms with Crippen LogP contribution in [0.3, 0.4) is 0 Å². The summed E-state index contributed by atoms with van der Waals surface area (Å²) in [6.07, 6.45) is 3.96. The first-order valence-electron chi connectivity index (χ1n) is 6.90. The van der Waals surface area contributed by atoms with E-state index >= 15 is 0 Å². The van der Waals surface area contributed by atoms with Crippen LogP contribution in [0, 0.1) is 0 Å². The first-order valence-corrected chi connectivity index (χ1v) is 6.90. The van der Waals surface area contributed by atoms with Crippen molar-refractivity contribution >= 4 is 0 Å². The standard InChI is InChI=1S/C13H29N3/c1-4-9-16(5-2)11-8-14-13-7-6-10-15(3)12-13/h13-14H,4-12H2,1-3H3. The molecule has 0 aromatic rings. The summed E-state index contributed by atoms with van der Waals surface area (Å²) in [6, 6.07) is 0.721.